The van der Waals surface area contributed by atoms with Crippen LogP contribution in [-0.2, 0) is 0 Å². The van der Waals surface area contributed by atoms with E-state index in [4.69, 9.17) is 37.4 Å². The minimum Gasteiger partial charge on any atom is -0.504 e. The summed E-state index contributed by atoms with van der Waals surface area (Å²) in [7, 11) is 4.67. The summed E-state index contributed by atoms with van der Waals surface area (Å²) >= 11 is 12.0. The number of aromatic hydroxyl groups is 1. The first-order chi connectivity index (χ1) is 14.0. The molecular weight excluding hydrogens is 415 g/mol. The third kappa shape index (κ3) is 4.39. The molecule has 0 atom stereocenters. The largest absolute Gasteiger partial charge is 0.504 e. The van der Waals surface area contributed by atoms with Gasteiger partial charge in [0, 0.05) is 35.3 Å². The van der Waals surface area contributed by atoms with Crippen molar-refractivity contribution in [3.05, 3.63) is 58.8 Å². The van der Waals surface area contributed by atoms with Crippen molar-refractivity contribution in [3.63, 3.8) is 0 Å². The Morgan fingerprint density at radius 1 is 0.690 bits per heavy atom. The molecule has 0 amide bonds. The Bertz CT molecular complexity index is 1170. The van der Waals surface area contributed by atoms with Gasteiger partial charge in [0.1, 0.15) is 0 Å². The molecule has 1 N–H and O–H groups in total. The topological polar surface area (TPSA) is 73.7 Å². The van der Waals surface area contributed by atoms with Crippen LogP contribution >= 0.6 is 23.2 Å². The van der Waals surface area contributed by atoms with E-state index in [2.05, 4.69) is 9.97 Å². The lowest BCUT2D eigenvalue weighted by molar-refractivity contribution is 0.356. The van der Waals surface area contributed by atoms with Gasteiger partial charge >= 0.3 is 0 Å². The predicted octanol–water partition coefficient (Wildman–Crippen LogP) is 5.51. The van der Waals surface area contributed by atoms with Crippen LogP contribution < -0.4 is 14.2 Å². The second-order valence-electron chi connectivity index (χ2n) is 5.85. The maximum Gasteiger partial charge on any atom is 0.162 e. The van der Waals surface area contributed by atoms with Crippen molar-refractivity contribution in [2.75, 3.05) is 21.3 Å². The first-order valence-corrected chi connectivity index (χ1v) is 9.21. The summed E-state index contributed by atoms with van der Waals surface area (Å²) in [4.78, 5) is 8.32. The van der Waals surface area contributed by atoms with Crippen LogP contribution in [0.5, 0.6) is 23.0 Å². The molecule has 0 saturated carbocycles. The molecule has 0 aliphatic rings. The van der Waals surface area contributed by atoms with Crippen LogP contribution in [0.4, 0.5) is 0 Å². The molecule has 29 heavy (non-hydrogen) atoms. The number of hydrogen-bond acceptors (Lipinski definition) is 6. The average molecular weight is 433 g/mol. The molecule has 4 aromatic rings. The zero-order chi connectivity index (χ0) is 21.0. The molecule has 0 spiro atoms. The van der Waals surface area contributed by atoms with Crippen LogP contribution in [0.25, 0.3) is 21.8 Å². The Morgan fingerprint density at radius 3 is 1.66 bits per heavy atom. The van der Waals surface area contributed by atoms with E-state index in [0.29, 0.717) is 38.2 Å². The molecule has 0 fully saturated rings. The quantitative estimate of drug-likeness (QED) is 0.460. The Labute approximate surface area is 177 Å². The van der Waals surface area contributed by atoms with Gasteiger partial charge in [-0.1, -0.05) is 23.2 Å². The van der Waals surface area contributed by atoms with Gasteiger partial charge in [-0.15, -0.1) is 0 Å². The lowest BCUT2D eigenvalue weighted by Gasteiger charge is -2.09. The highest BCUT2D eigenvalue weighted by molar-refractivity contribution is 6.35. The fourth-order valence-electron chi connectivity index (χ4n) is 2.73. The predicted molar refractivity (Wildman–Crippen MR) is 115 cm³/mol. The van der Waals surface area contributed by atoms with Crippen LogP contribution in [0.3, 0.4) is 0 Å². The molecule has 0 bridgehead atoms. The third-order valence-corrected chi connectivity index (χ3v) is 4.84. The normalized spacial score (nSPS) is 10.4. The highest BCUT2D eigenvalue weighted by Gasteiger charge is 2.08. The van der Waals surface area contributed by atoms with Crippen molar-refractivity contribution in [2.24, 2.45) is 0 Å². The number of phenolic OH excluding ortho intramolecular Hbond substituents is 1. The average Bonchev–Trinajstić information content (AvgIpc) is 2.74. The summed E-state index contributed by atoms with van der Waals surface area (Å²) in [6.07, 6.45) is 3.28. The van der Waals surface area contributed by atoms with Gasteiger partial charge in [-0.05, 0) is 24.3 Å². The molecule has 2 heterocycles. The number of pyridine rings is 2. The molecule has 0 aliphatic heterocycles. The number of aromatic nitrogens is 2. The molecule has 6 nitrogen and oxygen atoms in total. The minimum absolute atomic E-state index is 0.0647. The van der Waals surface area contributed by atoms with E-state index in [1.807, 2.05) is 6.07 Å². The Kier molecular flexibility index (Phi) is 6.46. The van der Waals surface area contributed by atoms with Gasteiger partial charge in [-0.25, -0.2) is 0 Å². The molecule has 2 aromatic carbocycles. The Morgan fingerprint density at radius 2 is 1.14 bits per heavy atom. The van der Waals surface area contributed by atoms with Gasteiger partial charge in [0.25, 0.3) is 0 Å². The number of nitrogens with zero attached hydrogens (tertiary/aromatic N) is 2. The standard InChI is InChI=1S/C11H10ClNO2.C10H8ClNO2/c1-14-10-5-7-8(12)3-4-13-9(7)6-11(10)15-2;1-14-10-5-8-6(4-9(10)13)7(11)2-3-12-8/h3-6H,1-2H3;2-5,13H,1H3. The molecule has 150 valence electrons. The first kappa shape index (κ1) is 20.8. The van der Waals surface area contributed by atoms with Crippen molar-refractivity contribution < 1.29 is 19.3 Å². The molecule has 2 aromatic heterocycles. The molecule has 0 unspecified atom stereocenters. The van der Waals surface area contributed by atoms with E-state index in [1.165, 1.54) is 7.11 Å². The summed E-state index contributed by atoms with van der Waals surface area (Å²) in [5.74, 6) is 1.77. The molecular formula is C21H18Cl2N2O4. The molecule has 4 rings (SSSR count). The number of ether oxygens (including phenoxy) is 3. The summed E-state index contributed by atoms with van der Waals surface area (Å²) in [6.45, 7) is 0. The zero-order valence-corrected chi connectivity index (χ0v) is 17.5. The van der Waals surface area contributed by atoms with Crippen molar-refractivity contribution in [3.8, 4) is 23.0 Å². The van der Waals surface area contributed by atoms with Gasteiger partial charge in [0.05, 0.1) is 42.4 Å². The maximum absolute atomic E-state index is 9.52. The van der Waals surface area contributed by atoms with Gasteiger partial charge in [-0.2, -0.15) is 0 Å². The smallest absolute Gasteiger partial charge is 0.162 e. The van der Waals surface area contributed by atoms with E-state index in [1.54, 1.807) is 56.9 Å². The molecule has 8 heteroatoms. The lowest BCUT2D eigenvalue weighted by atomic mass is 10.2. The number of phenols is 1. The minimum atomic E-state index is 0.0647. The lowest BCUT2D eigenvalue weighted by Crippen LogP contribution is -1.91. The monoisotopic (exact) mass is 432 g/mol. The van der Waals surface area contributed by atoms with Crippen LogP contribution in [0.2, 0.25) is 10.0 Å². The van der Waals surface area contributed by atoms with Crippen molar-refractivity contribution in [1.29, 1.82) is 0 Å². The van der Waals surface area contributed by atoms with Crippen molar-refractivity contribution >= 4 is 45.0 Å². The van der Waals surface area contributed by atoms with Crippen LogP contribution in [0.15, 0.2) is 48.8 Å². The fraction of sp³-hybridized carbons (Fsp3) is 0.143. The van der Waals surface area contributed by atoms with Gasteiger partial charge in [0.2, 0.25) is 0 Å². The second-order valence-corrected chi connectivity index (χ2v) is 6.67. The zero-order valence-electron chi connectivity index (χ0n) is 15.9. The van der Waals surface area contributed by atoms with Gasteiger partial charge in [0.15, 0.2) is 23.0 Å². The number of rotatable bonds is 3. The van der Waals surface area contributed by atoms with Crippen LogP contribution in [0.1, 0.15) is 0 Å². The molecule has 0 saturated heterocycles. The van der Waals surface area contributed by atoms with E-state index >= 15 is 0 Å². The highest BCUT2D eigenvalue weighted by atomic mass is 35.5. The Hall–Kier alpha value is -2.96. The van der Waals surface area contributed by atoms with Gasteiger partial charge in [-0.3, -0.25) is 9.97 Å². The number of benzene rings is 2. The van der Waals surface area contributed by atoms with Crippen LogP contribution in [-0.4, -0.2) is 36.4 Å². The van der Waals surface area contributed by atoms with Crippen LogP contribution in [0, 0.1) is 0 Å². The molecule has 0 radical (unpaired) electrons. The fourth-order valence-corrected chi connectivity index (χ4v) is 3.15. The van der Waals surface area contributed by atoms with E-state index in [9.17, 15) is 5.11 Å². The molecule has 0 aliphatic carbocycles. The Balaban J connectivity index is 0.000000166. The van der Waals surface area contributed by atoms with Gasteiger partial charge < -0.3 is 19.3 Å². The first-order valence-electron chi connectivity index (χ1n) is 8.46. The summed E-state index contributed by atoms with van der Waals surface area (Å²) in [5, 5.41) is 12.3. The number of fused-ring (bicyclic) bond motifs is 2. The third-order valence-electron chi connectivity index (χ3n) is 4.18. The van der Waals surface area contributed by atoms with E-state index < -0.39 is 0 Å². The highest BCUT2D eigenvalue weighted by Crippen LogP contribution is 2.34. The number of halogens is 2. The van der Waals surface area contributed by atoms with Crippen molar-refractivity contribution in [2.45, 2.75) is 0 Å². The summed E-state index contributed by atoms with van der Waals surface area (Å²) < 4.78 is 15.3. The summed E-state index contributed by atoms with van der Waals surface area (Å²) in [5.41, 5.74) is 1.49. The number of methoxy groups -OCH3 is 3. The van der Waals surface area contributed by atoms with E-state index in [-0.39, 0.29) is 5.75 Å². The van der Waals surface area contributed by atoms with Crippen molar-refractivity contribution in [1.82, 2.24) is 9.97 Å². The SMILES string of the molecule is COc1cc2nccc(Cl)c2cc1O.COc1cc2nccc(Cl)c2cc1OC. The van der Waals surface area contributed by atoms with E-state index in [0.717, 1.165) is 10.9 Å². The maximum atomic E-state index is 9.52. The second kappa shape index (κ2) is 9.03. The summed E-state index contributed by atoms with van der Waals surface area (Å²) in [6, 6.07) is 10.2. The number of hydrogen-bond donors (Lipinski definition) is 1.